The molecule has 4 aromatic rings. The lowest BCUT2D eigenvalue weighted by atomic mass is 9.98. The van der Waals surface area contributed by atoms with E-state index in [1.165, 1.54) is 12.1 Å². The molecule has 0 heterocycles. The summed E-state index contributed by atoms with van der Waals surface area (Å²) in [7, 11) is 0. The molecule has 224 valence electrons. The van der Waals surface area contributed by atoms with Gasteiger partial charge in [0.05, 0.1) is 12.2 Å². The minimum atomic E-state index is -4.43. The molecule has 1 unspecified atom stereocenters. The zero-order valence-corrected chi connectivity index (χ0v) is 23.8. The highest BCUT2D eigenvalue weighted by atomic mass is 19.4. The SMILES string of the molecule is CCCOC(=O)C(NCCCNc1ccc(NC(=O)c2ccccc2-c2ccc(C(F)(F)F)cc2)cc1)c1ccccc1. The summed E-state index contributed by atoms with van der Waals surface area (Å²) in [6.07, 6.45) is -2.91. The number of ether oxygens (including phenoxy) is 1. The Hall–Kier alpha value is -4.63. The molecule has 43 heavy (non-hydrogen) atoms. The first kappa shape index (κ1) is 31.3. The van der Waals surface area contributed by atoms with Crippen LogP contribution in [0, 0.1) is 0 Å². The monoisotopic (exact) mass is 589 g/mol. The number of benzene rings is 4. The lowest BCUT2D eigenvalue weighted by Crippen LogP contribution is -2.31. The van der Waals surface area contributed by atoms with E-state index in [0.717, 1.165) is 36.2 Å². The van der Waals surface area contributed by atoms with Crippen molar-refractivity contribution >= 4 is 23.3 Å². The van der Waals surface area contributed by atoms with Gasteiger partial charge in [-0.25, -0.2) is 4.79 Å². The molecular formula is C34H34F3N3O3. The van der Waals surface area contributed by atoms with Crippen molar-refractivity contribution in [3.05, 3.63) is 120 Å². The minimum absolute atomic E-state index is 0.291. The maximum atomic E-state index is 13.1. The number of anilines is 2. The third-order valence-corrected chi connectivity index (χ3v) is 6.69. The van der Waals surface area contributed by atoms with Crippen LogP contribution >= 0.6 is 0 Å². The van der Waals surface area contributed by atoms with Gasteiger partial charge in [-0.2, -0.15) is 13.2 Å². The third kappa shape index (κ3) is 8.93. The molecule has 0 fully saturated rings. The van der Waals surface area contributed by atoms with Gasteiger partial charge in [-0.05, 0) is 78.5 Å². The van der Waals surface area contributed by atoms with Crippen LogP contribution in [0.5, 0.6) is 0 Å². The Balaban J connectivity index is 1.29. The lowest BCUT2D eigenvalue weighted by Gasteiger charge is -2.18. The number of hydrogen-bond donors (Lipinski definition) is 3. The molecule has 0 aliphatic carbocycles. The molecule has 4 aromatic carbocycles. The van der Waals surface area contributed by atoms with Gasteiger partial charge in [0.2, 0.25) is 0 Å². The van der Waals surface area contributed by atoms with Gasteiger partial charge in [-0.15, -0.1) is 0 Å². The van der Waals surface area contributed by atoms with Gasteiger partial charge in [-0.1, -0.05) is 67.6 Å². The Morgan fingerprint density at radius 1 is 0.791 bits per heavy atom. The first-order valence-corrected chi connectivity index (χ1v) is 14.1. The topological polar surface area (TPSA) is 79.5 Å². The van der Waals surface area contributed by atoms with Crippen molar-refractivity contribution in [2.24, 2.45) is 0 Å². The van der Waals surface area contributed by atoms with Crippen LogP contribution < -0.4 is 16.0 Å². The number of halogens is 3. The van der Waals surface area contributed by atoms with Gasteiger partial charge in [-0.3, -0.25) is 4.79 Å². The molecule has 9 heteroatoms. The predicted octanol–water partition coefficient (Wildman–Crippen LogP) is 7.71. The second-order valence-corrected chi connectivity index (χ2v) is 9.90. The molecule has 4 rings (SSSR count). The van der Waals surface area contributed by atoms with Crippen molar-refractivity contribution in [3.8, 4) is 11.1 Å². The lowest BCUT2D eigenvalue weighted by molar-refractivity contribution is -0.146. The molecule has 0 aliphatic heterocycles. The number of esters is 1. The second kappa shape index (κ2) is 15.0. The number of nitrogens with one attached hydrogen (secondary N) is 3. The van der Waals surface area contributed by atoms with Crippen molar-refractivity contribution in [1.82, 2.24) is 5.32 Å². The summed E-state index contributed by atoms with van der Waals surface area (Å²) < 4.78 is 44.3. The number of hydrogen-bond acceptors (Lipinski definition) is 5. The van der Waals surface area contributed by atoms with Gasteiger partial charge in [0, 0.05) is 23.5 Å². The van der Waals surface area contributed by atoms with E-state index in [1.54, 1.807) is 36.4 Å². The molecule has 6 nitrogen and oxygen atoms in total. The van der Waals surface area contributed by atoms with E-state index in [0.29, 0.717) is 42.1 Å². The fraction of sp³-hybridized carbons (Fsp3) is 0.235. The normalized spacial score (nSPS) is 11.9. The molecule has 3 N–H and O–H groups in total. The second-order valence-electron chi connectivity index (χ2n) is 9.90. The van der Waals surface area contributed by atoms with E-state index in [4.69, 9.17) is 4.74 Å². The molecule has 1 amide bonds. The van der Waals surface area contributed by atoms with Crippen molar-refractivity contribution in [2.45, 2.75) is 32.0 Å². The van der Waals surface area contributed by atoms with E-state index in [1.807, 2.05) is 49.4 Å². The Kier molecular flexibility index (Phi) is 10.9. The zero-order chi connectivity index (χ0) is 30.7. The Labute approximate surface area is 249 Å². The van der Waals surface area contributed by atoms with Crippen LogP contribution in [0.4, 0.5) is 24.5 Å². The summed E-state index contributed by atoms with van der Waals surface area (Å²) in [5, 5.41) is 9.48. The quantitative estimate of drug-likeness (QED) is 0.110. The van der Waals surface area contributed by atoms with Crippen molar-refractivity contribution < 1.29 is 27.5 Å². The molecule has 1 atom stereocenters. The molecular weight excluding hydrogens is 555 g/mol. The maximum absolute atomic E-state index is 13.1. The van der Waals surface area contributed by atoms with Gasteiger partial charge >= 0.3 is 12.1 Å². The van der Waals surface area contributed by atoms with Crippen LogP contribution in [-0.2, 0) is 15.7 Å². The number of amides is 1. The molecule has 0 bridgehead atoms. The van der Waals surface area contributed by atoms with E-state index in [2.05, 4.69) is 16.0 Å². The smallest absolute Gasteiger partial charge is 0.416 e. The van der Waals surface area contributed by atoms with E-state index in [-0.39, 0.29) is 11.9 Å². The first-order valence-electron chi connectivity index (χ1n) is 14.1. The van der Waals surface area contributed by atoms with Gasteiger partial charge < -0.3 is 20.7 Å². The largest absolute Gasteiger partial charge is 0.464 e. The Bertz CT molecular complexity index is 1480. The Morgan fingerprint density at radius 2 is 1.44 bits per heavy atom. The summed E-state index contributed by atoms with van der Waals surface area (Å²) in [4.78, 5) is 25.6. The van der Waals surface area contributed by atoms with Crippen LogP contribution in [-0.4, -0.2) is 31.6 Å². The summed E-state index contributed by atoms with van der Waals surface area (Å²) in [6.45, 7) is 3.59. The molecule has 0 spiro atoms. The van der Waals surface area contributed by atoms with Crippen LogP contribution in [0.2, 0.25) is 0 Å². The highest BCUT2D eigenvalue weighted by molar-refractivity contribution is 6.08. The predicted molar refractivity (Wildman–Crippen MR) is 163 cm³/mol. The number of alkyl halides is 3. The number of carbonyl (C=O) groups excluding carboxylic acids is 2. The molecule has 0 radical (unpaired) electrons. The van der Waals surface area contributed by atoms with Gasteiger partial charge in [0.25, 0.3) is 5.91 Å². The molecule has 0 saturated carbocycles. The van der Waals surface area contributed by atoms with Crippen LogP contribution in [0.15, 0.2) is 103 Å². The highest BCUT2D eigenvalue weighted by Crippen LogP contribution is 2.32. The van der Waals surface area contributed by atoms with E-state index in [9.17, 15) is 22.8 Å². The van der Waals surface area contributed by atoms with Crippen molar-refractivity contribution in [1.29, 1.82) is 0 Å². The number of rotatable bonds is 13. The fourth-order valence-electron chi connectivity index (χ4n) is 4.48. The van der Waals surface area contributed by atoms with E-state index >= 15 is 0 Å². The molecule has 0 aromatic heterocycles. The van der Waals surface area contributed by atoms with Crippen LogP contribution in [0.3, 0.4) is 0 Å². The minimum Gasteiger partial charge on any atom is -0.464 e. The fourth-order valence-corrected chi connectivity index (χ4v) is 4.48. The van der Waals surface area contributed by atoms with Crippen molar-refractivity contribution in [2.75, 3.05) is 30.3 Å². The average molecular weight is 590 g/mol. The highest BCUT2D eigenvalue weighted by Gasteiger charge is 2.30. The average Bonchev–Trinajstić information content (AvgIpc) is 3.02. The van der Waals surface area contributed by atoms with Crippen LogP contribution in [0.25, 0.3) is 11.1 Å². The summed E-state index contributed by atoms with van der Waals surface area (Å²) in [5.74, 6) is -0.659. The number of carbonyl (C=O) groups is 2. The molecule has 0 aliphatic rings. The zero-order valence-electron chi connectivity index (χ0n) is 23.8. The van der Waals surface area contributed by atoms with Crippen molar-refractivity contribution in [3.63, 3.8) is 0 Å². The first-order chi connectivity index (χ1) is 20.8. The Morgan fingerprint density at radius 3 is 2.12 bits per heavy atom. The summed E-state index contributed by atoms with van der Waals surface area (Å²) >= 11 is 0. The van der Waals surface area contributed by atoms with E-state index < -0.39 is 17.8 Å². The van der Waals surface area contributed by atoms with Gasteiger partial charge in [0.15, 0.2) is 0 Å². The van der Waals surface area contributed by atoms with Gasteiger partial charge in [0.1, 0.15) is 6.04 Å². The maximum Gasteiger partial charge on any atom is 0.416 e. The third-order valence-electron chi connectivity index (χ3n) is 6.69. The summed E-state index contributed by atoms with van der Waals surface area (Å²) in [5.41, 5.74) is 2.96. The standard InChI is InChI=1S/C34H34F3N3O3/c1-2-23-43-33(42)31(25-9-4-3-5-10-25)39-22-8-21-38-27-17-19-28(20-18-27)40-32(41)30-12-7-6-11-29(30)24-13-15-26(16-14-24)34(35,36)37/h3-7,9-20,31,38-39H,2,8,21-23H2,1H3,(H,40,41). The molecule has 0 saturated heterocycles. The summed E-state index contributed by atoms with van der Waals surface area (Å²) in [6, 6.07) is 27.7. The van der Waals surface area contributed by atoms with Crippen LogP contribution in [0.1, 0.15) is 47.3 Å².